The molecule has 3 rings (SSSR count). The first-order valence-corrected chi connectivity index (χ1v) is 9.46. The molecular weight excluding hydrogens is 362 g/mol. The lowest BCUT2D eigenvalue weighted by Gasteiger charge is -2.06. The number of nitrogens with one attached hydrogen (secondary N) is 1. The van der Waals surface area contributed by atoms with Crippen molar-refractivity contribution in [2.75, 3.05) is 6.54 Å². The molecule has 0 saturated carbocycles. The van der Waals surface area contributed by atoms with Gasteiger partial charge in [-0.15, -0.1) is 0 Å². The number of aromatic nitrogens is 2. The molecule has 0 amide bonds. The summed E-state index contributed by atoms with van der Waals surface area (Å²) in [6, 6.07) is 14.0. The standard InChI is InChI=1S/C17H16ClN3O3S/c1-12-6-8-13(9-7-12)17-20-16(24-21-17)10-11-19-25(22,23)15-5-3-2-4-14(15)18/h2-9,19H,10-11H2,1H3. The lowest BCUT2D eigenvalue weighted by molar-refractivity contribution is 0.379. The van der Waals surface area contributed by atoms with E-state index in [4.69, 9.17) is 16.1 Å². The van der Waals surface area contributed by atoms with Gasteiger partial charge in [-0.05, 0) is 19.1 Å². The Balaban J connectivity index is 1.63. The summed E-state index contributed by atoms with van der Waals surface area (Å²) in [7, 11) is -3.68. The Hall–Kier alpha value is -2.22. The highest BCUT2D eigenvalue weighted by Crippen LogP contribution is 2.20. The van der Waals surface area contributed by atoms with E-state index >= 15 is 0 Å². The Morgan fingerprint density at radius 3 is 2.56 bits per heavy atom. The van der Waals surface area contributed by atoms with Crippen LogP contribution in [0, 0.1) is 6.92 Å². The molecule has 0 unspecified atom stereocenters. The van der Waals surface area contributed by atoms with Gasteiger partial charge in [0.1, 0.15) is 4.90 Å². The number of benzene rings is 2. The Labute approximate surface area is 150 Å². The third-order valence-corrected chi connectivity index (χ3v) is 5.50. The third-order valence-electron chi connectivity index (χ3n) is 3.53. The van der Waals surface area contributed by atoms with Crippen LogP contribution in [0.2, 0.25) is 5.02 Å². The molecule has 0 aliphatic carbocycles. The summed E-state index contributed by atoms with van der Waals surface area (Å²) in [4.78, 5) is 4.33. The van der Waals surface area contributed by atoms with Crippen LogP contribution in [0.3, 0.4) is 0 Å². The topological polar surface area (TPSA) is 85.1 Å². The molecule has 0 radical (unpaired) electrons. The van der Waals surface area contributed by atoms with Gasteiger partial charge in [-0.3, -0.25) is 0 Å². The molecule has 8 heteroatoms. The van der Waals surface area contributed by atoms with E-state index < -0.39 is 10.0 Å². The van der Waals surface area contributed by atoms with E-state index in [1.807, 2.05) is 31.2 Å². The van der Waals surface area contributed by atoms with Crippen molar-refractivity contribution in [2.45, 2.75) is 18.2 Å². The molecule has 0 saturated heterocycles. The molecule has 2 aromatic carbocycles. The monoisotopic (exact) mass is 377 g/mol. The van der Waals surface area contributed by atoms with Crippen molar-refractivity contribution in [3.8, 4) is 11.4 Å². The SMILES string of the molecule is Cc1ccc(-c2noc(CCNS(=O)(=O)c3ccccc3Cl)n2)cc1. The molecule has 3 aromatic rings. The Bertz CT molecular complexity index is 969. The van der Waals surface area contributed by atoms with Gasteiger partial charge in [0.05, 0.1) is 5.02 Å². The van der Waals surface area contributed by atoms with Crippen LogP contribution < -0.4 is 4.72 Å². The molecule has 0 aliphatic rings. The van der Waals surface area contributed by atoms with E-state index in [9.17, 15) is 8.42 Å². The van der Waals surface area contributed by atoms with Gasteiger partial charge in [-0.1, -0.05) is 58.7 Å². The average molecular weight is 378 g/mol. The van der Waals surface area contributed by atoms with E-state index in [0.29, 0.717) is 11.7 Å². The number of hydrogen-bond donors (Lipinski definition) is 1. The molecule has 1 aromatic heterocycles. The first-order valence-electron chi connectivity index (χ1n) is 7.59. The van der Waals surface area contributed by atoms with Crippen molar-refractivity contribution in [1.29, 1.82) is 0 Å². The van der Waals surface area contributed by atoms with Crippen LogP contribution in [0.1, 0.15) is 11.5 Å². The Morgan fingerprint density at radius 1 is 1.12 bits per heavy atom. The highest BCUT2D eigenvalue weighted by Gasteiger charge is 2.17. The highest BCUT2D eigenvalue weighted by atomic mass is 35.5. The minimum absolute atomic E-state index is 0.0440. The van der Waals surface area contributed by atoms with Crippen LogP contribution in [0.25, 0.3) is 11.4 Å². The fourth-order valence-electron chi connectivity index (χ4n) is 2.21. The van der Waals surface area contributed by atoms with Gasteiger partial charge in [0, 0.05) is 18.5 Å². The van der Waals surface area contributed by atoms with Gasteiger partial charge in [0.25, 0.3) is 0 Å². The van der Waals surface area contributed by atoms with Crippen LogP contribution in [0.4, 0.5) is 0 Å². The van der Waals surface area contributed by atoms with Crippen LogP contribution in [0.5, 0.6) is 0 Å². The summed E-state index contributed by atoms with van der Waals surface area (Å²) in [5.41, 5.74) is 1.98. The number of hydrogen-bond acceptors (Lipinski definition) is 5. The molecule has 130 valence electrons. The second-order valence-corrected chi connectivity index (χ2v) is 7.60. The first kappa shape index (κ1) is 17.6. The van der Waals surface area contributed by atoms with Crippen molar-refractivity contribution in [2.24, 2.45) is 0 Å². The largest absolute Gasteiger partial charge is 0.339 e. The smallest absolute Gasteiger partial charge is 0.242 e. The van der Waals surface area contributed by atoms with Crippen LogP contribution >= 0.6 is 11.6 Å². The second-order valence-electron chi connectivity index (χ2n) is 5.46. The van der Waals surface area contributed by atoms with E-state index in [0.717, 1.165) is 11.1 Å². The normalized spacial score (nSPS) is 11.6. The maximum Gasteiger partial charge on any atom is 0.242 e. The van der Waals surface area contributed by atoms with Gasteiger partial charge in [-0.25, -0.2) is 13.1 Å². The predicted molar refractivity (Wildman–Crippen MR) is 94.8 cm³/mol. The fraction of sp³-hybridized carbons (Fsp3) is 0.176. The molecule has 25 heavy (non-hydrogen) atoms. The number of sulfonamides is 1. The molecule has 0 bridgehead atoms. The van der Waals surface area contributed by atoms with Crippen molar-refractivity contribution in [3.63, 3.8) is 0 Å². The zero-order valence-corrected chi connectivity index (χ0v) is 15.0. The number of nitrogens with zero attached hydrogens (tertiary/aromatic N) is 2. The lowest BCUT2D eigenvalue weighted by Crippen LogP contribution is -2.26. The molecule has 0 fully saturated rings. The quantitative estimate of drug-likeness (QED) is 0.712. The van der Waals surface area contributed by atoms with E-state index in [-0.39, 0.29) is 22.9 Å². The molecule has 1 N–H and O–H groups in total. The molecule has 1 heterocycles. The molecule has 0 atom stereocenters. The zero-order valence-electron chi connectivity index (χ0n) is 13.4. The summed E-state index contributed by atoms with van der Waals surface area (Å²) in [6.07, 6.45) is 0.280. The summed E-state index contributed by atoms with van der Waals surface area (Å²) < 4.78 is 32.1. The number of aryl methyl sites for hydroxylation is 1. The van der Waals surface area contributed by atoms with Gasteiger partial charge in [-0.2, -0.15) is 4.98 Å². The highest BCUT2D eigenvalue weighted by molar-refractivity contribution is 7.89. The van der Waals surface area contributed by atoms with Crippen LogP contribution in [-0.4, -0.2) is 25.1 Å². The van der Waals surface area contributed by atoms with Crippen molar-refractivity contribution < 1.29 is 12.9 Å². The lowest BCUT2D eigenvalue weighted by atomic mass is 10.1. The minimum Gasteiger partial charge on any atom is -0.339 e. The Kier molecular flexibility index (Phi) is 5.17. The van der Waals surface area contributed by atoms with Crippen LogP contribution in [-0.2, 0) is 16.4 Å². The third kappa shape index (κ3) is 4.25. The minimum atomic E-state index is -3.68. The average Bonchev–Trinajstić information content (AvgIpc) is 3.04. The molecular formula is C17H16ClN3O3S. The predicted octanol–water partition coefficient (Wildman–Crippen LogP) is 3.22. The second kappa shape index (κ2) is 7.35. The maximum atomic E-state index is 12.2. The van der Waals surface area contributed by atoms with Gasteiger partial charge >= 0.3 is 0 Å². The molecule has 0 aliphatic heterocycles. The van der Waals surface area contributed by atoms with Crippen LogP contribution in [0.15, 0.2) is 57.9 Å². The summed E-state index contributed by atoms with van der Waals surface area (Å²) in [5, 5.41) is 4.09. The van der Waals surface area contributed by atoms with Gasteiger partial charge in [0.15, 0.2) is 0 Å². The first-order chi connectivity index (χ1) is 12.0. The van der Waals surface area contributed by atoms with Gasteiger partial charge < -0.3 is 4.52 Å². The maximum absolute atomic E-state index is 12.2. The number of rotatable bonds is 6. The summed E-state index contributed by atoms with van der Waals surface area (Å²) in [6.45, 7) is 2.12. The summed E-state index contributed by atoms with van der Waals surface area (Å²) >= 11 is 5.93. The fourth-order valence-corrected chi connectivity index (χ4v) is 3.76. The Morgan fingerprint density at radius 2 is 1.84 bits per heavy atom. The van der Waals surface area contributed by atoms with E-state index in [1.54, 1.807) is 12.1 Å². The van der Waals surface area contributed by atoms with E-state index in [1.165, 1.54) is 12.1 Å². The van der Waals surface area contributed by atoms with E-state index in [2.05, 4.69) is 14.9 Å². The zero-order chi connectivity index (χ0) is 17.9. The summed E-state index contributed by atoms with van der Waals surface area (Å²) in [5.74, 6) is 0.835. The van der Waals surface area contributed by atoms with Gasteiger partial charge in [0.2, 0.25) is 21.7 Å². The molecule has 0 spiro atoms. The molecule has 6 nitrogen and oxygen atoms in total. The van der Waals surface area contributed by atoms with Crippen molar-refractivity contribution in [1.82, 2.24) is 14.9 Å². The number of halogens is 1. The van der Waals surface area contributed by atoms with Crippen molar-refractivity contribution >= 4 is 21.6 Å². The van der Waals surface area contributed by atoms with Crippen molar-refractivity contribution in [3.05, 3.63) is 65.0 Å².